The quantitative estimate of drug-likeness (QED) is 0.166. The third kappa shape index (κ3) is 6.03. The molecule has 0 bridgehead atoms. The summed E-state index contributed by atoms with van der Waals surface area (Å²) in [7, 11) is 0. The van der Waals surface area contributed by atoms with Crippen LogP contribution in [0.25, 0.3) is 22.4 Å². The number of anilines is 7. The zero-order chi connectivity index (χ0) is 41.2. The Morgan fingerprint density at radius 2 is 1.20 bits per heavy atom. The highest BCUT2D eigenvalue weighted by Gasteiger charge is 2.44. The van der Waals surface area contributed by atoms with Crippen molar-refractivity contribution in [3.05, 3.63) is 222 Å². The lowest BCUT2D eigenvalue weighted by Gasteiger charge is -2.41. The molecular formula is C57H47N3S. The van der Waals surface area contributed by atoms with Gasteiger partial charge in [0.1, 0.15) is 0 Å². The molecule has 2 aliphatic carbocycles. The average Bonchev–Trinajstić information content (AvgIpc) is 3.52. The van der Waals surface area contributed by atoms with E-state index in [0.717, 1.165) is 23.5 Å². The second kappa shape index (κ2) is 14.8. The van der Waals surface area contributed by atoms with Crippen LogP contribution in [0.3, 0.4) is 0 Å². The van der Waals surface area contributed by atoms with Crippen LogP contribution >= 0.6 is 11.8 Å². The summed E-state index contributed by atoms with van der Waals surface area (Å²) in [6.07, 6.45) is 14.8. The van der Waals surface area contributed by atoms with Crippen LogP contribution in [-0.2, 0) is 5.41 Å². The van der Waals surface area contributed by atoms with Crippen molar-refractivity contribution < 1.29 is 0 Å². The fraction of sp³-hybridized carbons (Fsp3) is 0.123. The predicted octanol–water partition coefficient (Wildman–Crippen LogP) is 16.2. The molecule has 0 radical (unpaired) electrons. The number of allylic oxidation sites excluding steroid dienone is 8. The summed E-state index contributed by atoms with van der Waals surface area (Å²) in [6, 6.07) is 57.7. The van der Waals surface area contributed by atoms with Gasteiger partial charge in [0.05, 0.1) is 34.1 Å². The van der Waals surface area contributed by atoms with Gasteiger partial charge in [0.25, 0.3) is 0 Å². The van der Waals surface area contributed by atoms with Gasteiger partial charge in [-0.3, -0.25) is 0 Å². The van der Waals surface area contributed by atoms with Gasteiger partial charge in [-0.05, 0) is 138 Å². The third-order valence-electron chi connectivity index (χ3n) is 13.2. The highest BCUT2D eigenvalue weighted by Crippen LogP contribution is 2.57. The van der Waals surface area contributed by atoms with Crippen LogP contribution in [0, 0.1) is 5.92 Å². The zero-order valence-corrected chi connectivity index (χ0v) is 35.8. The van der Waals surface area contributed by atoms with Gasteiger partial charge in [-0.2, -0.15) is 0 Å². The molecular weight excluding hydrogens is 759 g/mol. The predicted molar refractivity (Wildman–Crippen MR) is 260 cm³/mol. The van der Waals surface area contributed by atoms with Gasteiger partial charge >= 0.3 is 0 Å². The molecule has 4 heteroatoms. The minimum atomic E-state index is -0.0282. The molecule has 296 valence electrons. The van der Waals surface area contributed by atoms with E-state index in [-0.39, 0.29) is 5.41 Å². The summed E-state index contributed by atoms with van der Waals surface area (Å²) in [4.78, 5) is 9.87. The Hall–Kier alpha value is -6.75. The normalized spacial score (nSPS) is 17.6. The minimum Gasteiger partial charge on any atom is -0.310 e. The summed E-state index contributed by atoms with van der Waals surface area (Å²) >= 11 is 1.86. The number of hydrogen-bond donors (Lipinski definition) is 0. The van der Waals surface area contributed by atoms with Gasteiger partial charge in [-0.1, -0.05) is 147 Å². The lowest BCUT2D eigenvalue weighted by atomic mass is 9.73. The maximum atomic E-state index is 2.47. The van der Waals surface area contributed by atoms with E-state index in [2.05, 4.69) is 237 Å². The molecule has 2 heterocycles. The molecule has 0 saturated carbocycles. The smallest absolute Gasteiger partial charge is 0.0703 e. The summed E-state index contributed by atoms with van der Waals surface area (Å²) in [5.41, 5.74) is 17.5. The Kier molecular flexibility index (Phi) is 9.02. The Morgan fingerprint density at radius 1 is 0.557 bits per heavy atom. The van der Waals surface area contributed by atoms with Crippen molar-refractivity contribution in [2.24, 2.45) is 5.92 Å². The van der Waals surface area contributed by atoms with Gasteiger partial charge in [-0.15, -0.1) is 0 Å². The summed E-state index contributed by atoms with van der Waals surface area (Å²) in [5, 5.41) is 2.47. The molecule has 1 unspecified atom stereocenters. The first-order valence-corrected chi connectivity index (χ1v) is 22.2. The van der Waals surface area contributed by atoms with Crippen molar-refractivity contribution in [3.63, 3.8) is 0 Å². The molecule has 0 saturated heterocycles. The van der Waals surface area contributed by atoms with Crippen LogP contribution in [0.4, 0.5) is 39.8 Å². The fourth-order valence-electron chi connectivity index (χ4n) is 10.2. The van der Waals surface area contributed by atoms with Crippen LogP contribution in [-0.4, -0.2) is 0 Å². The van der Waals surface area contributed by atoms with E-state index in [1.165, 1.54) is 82.5 Å². The van der Waals surface area contributed by atoms with Gasteiger partial charge < -0.3 is 14.7 Å². The molecule has 11 rings (SSSR count). The van der Waals surface area contributed by atoms with Crippen molar-refractivity contribution in [2.45, 2.75) is 49.3 Å². The lowest BCUT2D eigenvalue weighted by molar-refractivity contribution is 0.410. The maximum Gasteiger partial charge on any atom is 0.0703 e. The second-order valence-corrected chi connectivity index (χ2v) is 18.0. The van der Waals surface area contributed by atoms with Crippen molar-refractivity contribution >= 4 is 74.0 Å². The second-order valence-electron chi connectivity index (χ2n) is 17.0. The summed E-state index contributed by atoms with van der Waals surface area (Å²) < 4.78 is 0. The highest BCUT2D eigenvalue weighted by molar-refractivity contribution is 7.99. The van der Waals surface area contributed by atoms with Crippen LogP contribution in [0.15, 0.2) is 215 Å². The standard InChI is InChI=1S/C57H47N3S/c1-5-17-49-38(2)58(41-19-7-6-8-20-41)51-23-9-10-24-52(51)60(49)50-27-16-21-43-40(18-15-22-46(43)50)32-30-39-31-34-44-45-35-33-42(37-48(45)57(3,4)47(44)36-39)59-53-25-11-13-28-55(53)61-56-29-14-12-26-54(56)59/h5-35,37,47H,36H2,1-4H3/b17-5-,32-30+. The maximum absolute atomic E-state index is 2.47. The van der Waals surface area contributed by atoms with E-state index in [0.29, 0.717) is 5.92 Å². The van der Waals surface area contributed by atoms with Gasteiger partial charge in [0.2, 0.25) is 0 Å². The molecule has 0 amide bonds. The number of nitrogens with zero attached hydrogens (tertiary/aromatic N) is 3. The SMILES string of the molecule is C/C=C\C1=C(C)N(c2ccccc2)c2ccccc2N1c1cccc2c(/C=C/C3=CC=C4c5ccc(N6c7ccccc7Sc7ccccc76)cc5C(C)(C)C4C3)cccc12. The molecule has 3 nitrogen and oxygen atoms in total. The van der Waals surface area contributed by atoms with Crippen LogP contribution in [0.1, 0.15) is 50.8 Å². The van der Waals surface area contributed by atoms with Gasteiger partial charge in [0, 0.05) is 32.2 Å². The number of hydrogen-bond acceptors (Lipinski definition) is 4. The van der Waals surface area contributed by atoms with E-state index in [1.807, 2.05) is 11.8 Å². The fourth-order valence-corrected chi connectivity index (χ4v) is 11.3. The Balaban J connectivity index is 0.926. The Morgan fingerprint density at radius 3 is 1.93 bits per heavy atom. The first-order chi connectivity index (χ1) is 29.9. The molecule has 1 atom stereocenters. The number of fused-ring (bicyclic) bond motifs is 7. The molecule has 4 aliphatic rings. The topological polar surface area (TPSA) is 9.72 Å². The first-order valence-electron chi connectivity index (χ1n) is 21.4. The lowest BCUT2D eigenvalue weighted by Crippen LogP contribution is -2.30. The summed E-state index contributed by atoms with van der Waals surface area (Å²) in [6.45, 7) is 9.23. The Bertz CT molecular complexity index is 3010. The zero-order valence-electron chi connectivity index (χ0n) is 35.0. The van der Waals surface area contributed by atoms with E-state index in [9.17, 15) is 0 Å². The van der Waals surface area contributed by atoms with Crippen LogP contribution in [0.5, 0.6) is 0 Å². The number of para-hydroxylation sites is 5. The third-order valence-corrected chi connectivity index (χ3v) is 14.3. The number of rotatable bonds is 6. The molecule has 2 aliphatic heterocycles. The van der Waals surface area contributed by atoms with Crippen LogP contribution < -0.4 is 14.7 Å². The van der Waals surface area contributed by atoms with Crippen molar-refractivity contribution in [1.29, 1.82) is 0 Å². The van der Waals surface area contributed by atoms with E-state index >= 15 is 0 Å². The van der Waals surface area contributed by atoms with E-state index < -0.39 is 0 Å². The highest BCUT2D eigenvalue weighted by atomic mass is 32.2. The molecule has 0 fully saturated rings. The molecule has 0 aromatic heterocycles. The Labute approximate surface area is 364 Å². The van der Waals surface area contributed by atoms with Crippen molar-refractivity contribution in [3.8, 4) is 0 Å². The summed E-state index contributed by atoms with van der Waals surface area (Å²) in [5.74, 6) is 0.396. The van der Waals surface area contributed by atoms with E-state index in [4.69, 9.17) is 0 Å². The molecule has 0 spiro atoms. The molecule has 7 aromatic carbocycles. The number of benzene rings is 7. The minimum absolute atomic E-state index is 0.0282. The first kappa shape index (κ1) is 37.3. The molecule has 7 aromatic rings. The molecule has 61 heavy (non-hydrogen) atoms. The van der Waals surface area contributed by atoms with Crippen molar-refractivity contribution in [1.82, 2.24) is 0 Å². The monoisotopic (exact) mass is 805 g/mol. The van der Waals surface area contributed by atoms with Gasteiger partial charge in [0.15, 0.2) is 0 Å². The van der Waals surface area contributed by atoms with Crippen LogP contribution in [0.2, 0.25) is 0 Å². The van der Waals surface area contributed by atoms with E-state index in [1.54, 1.807) is 0 Å². The molecule has 0 N–H and O–H groups in total. The largest absolute Gasteiger partial charge is 0.310 e. The van der Waals surface area contributed by atoms with Gasteiger partial charge in [-0.25, -0.2) is 0 Å². The average molecular weight is 806 g/mol. The van der Waals surface area contributed by atoms with Crippen molar-refractivity contribution in [2.75, 3.05) is 14.7 Å².